The number of aromatic nitrogens is 1. The molecule has 0 saturated carbocycles. The molecule has 0 atom stereocenters. The van der Waals surface area contributed by atoms with E-state index >= 15 is 0 Å². The lowest BCUT2D eigenvalue weighted by Crippen LogP contribution is -2.35. The number of hydrogen-bond acceptors (Lipinski definition) is 4. The molecule has 7 nitrogen and oxygen atoms in total. The molecule has 1 heterocycles. The van der Waals surface area contributed by atoms with Crippen LogP contribution in [-0.2, 0) is 20.9 Å². The zero-order valence-electron chi connectivity index (χ0n) is 17.9. The molecule has 0 bridgehead atoms. The first-order valence-electron chi connectivity index (χ1n) is 9.62. The summed E-state index contributed by atoms with van der Waals surface area (Å²) in [5.74, 6) is -1.01. The highest BCUT2D eigenvalue weighted by molar-refractivity contribution is 5.96. The Kier molecular flexibility index (Phi) is 7.20. The van der Waals surface area contributed by atoms with Gasteiger partial charge < -0.3 is 19.9 Å². The van der Waals surface area contributed by atoms with Crippen LogP contribution in [0.25, 0.3) is 0 Å². The minimum absolute atomic E-state index is 0.0208. The summed E-state index contributed by atoms with van der Waals surface area (Å²) in [4.78, 5) is 36.6. The average Bonchev–Trinajstić information content (AvgIpc) is 2.91. The van der Waals surface area contributed by atoms with Crippen LogP contribution in [0.5, 0.6) is 0 Å². The molecule has 0 spiro atoms. The Bertz CT molecular complexity index is 921. The highest BCUT2D eigenvalue weighted by Gasteiger charge is 2.18. The van der Waals surface area contributed by atoms with Crippen molar-refractivity contribution in [1.29, 1.82) is 0 Å². The van der Waals surface area contributed by atoms with Crippen LogP contribution in [0.1, 0.15) is 45.4 Å². The van der Waals surface area contributed by atoms with E-state index < -0.39 is 5.97 Å². The van der Waals surface area contributed by atoms with Crippen molar-refractivity contribution < 1.29 is 19.1 Å². The Labute approximate surface area is 171 Å². The normalized spacial score (nSPS) is 10.6. The fraction of sp³-hybridized carbons (Fsp3) is 0.409. The fourth-order valence-corrected chi connectivity index (χ4v) is 3.40. The van der Waals surface area contributed by atoms with Gasteiger partial charge in [0.05, 0.1) is 18.7 Å². The summed E-state index contributed by atoms with van der Waals surface area (Å²) in [5, 5.41) is 5.49. The maximum Gasteiger partial charge on any atom is 0.339 e. The molecule has 29 heavy (non-hydrogen) atoms. The Morgan fingerprint density at radius 2 is 1.59 bits per heavy atom. The van der Waals surface area contributed by atoms with Crippen LogP contribution in [0.4, 0.5) is 5.69 Å². The van der Waals surface area contributed by atoms with Crippen LogP contribution in [0.15, 0.2) is 18.2 Å². The van der Waals surface area contributed by atoms with Crippen LogP contribution in [-0.4, -0.2) is 35.5 Å². The van der Waals surface area contributed by atoms with E-state index in [2.05, 4.69) is 10.6 Å². The Morgan fingerprint density at radius 3 is 2.17 bits per heavy atom. The van der Waals surface area contributed by atoms with Crippen molar-refractivity contribution in [3.63, 3.8) is 0 Å². The maximum absolute atomic E-state index is 12.3. The number of esters is 1. The summed E-state index contributed by atoms with van der Waals surface area (Å²) in [6.07, 6.45) is 0. The van der Waals surface area contributed by atoms with Crippen molar-refractivity contribution in [3.05, 3.63) is 51.8 Å². The highest BCUT2D eigenvalue weighted by Crippen LogP contribution is 2.21. The molecule has 0 aliphatic carbocycles. The Morgan fingerprint density at radius 1 is 0.966 bits per heavy atom. The predicted molar refractivity (Wildman–Crippen MR) is 112 cm³/mol. The number of nitrogens with zero attached hydrogens (tertiary/aromatic N) is 1. The molecule has 2 amide bonds. The van der Waals surface area contributed by atoms with E-state index in [0.29, 0.717) is 11.3 Å². The molecule has 0 aliphatic heterocycles. The molecule has 0 fully saturated rings. The molecule has 0 aliphatic rings. The second kappa shape index (κ2) is 9.41. The van der Waals surface area contributed by atoms with Crippen LogP contribution in [0, 0.1) is 34.6 Å². The molecule has 1 aromatic heterocycles. The number of ether oxygens (including phenoxy) is 1. The summed E-state index contributed by atoms with van der Waals surface area (Å²) in [5.41, 5.74) is 5.74. The van der Waals surface area contributed by atoms with E-state index in [1.54, 1.807) is 24.5 Å². The number of nitrogens with one attached hydrogen (secondary N) is 2. The third-order valence-electron chi connectivity index (χ3n) is 4.76. The molecular formula is C22H29N3O4. The molecule has 0 unspecified atom stereocenters. The molecular weight excluding hydrogens is 370 g/mol. The van der Waals surface area contributed by atoms with Gasteiger partial charge in [0.1, 0.15) is 6.54 Å². The maximum atomic E-state index is 12.3. The van der Waals surface area contributed by atoms with Gasteiger partial charge in [-0.15, -0.1) is 0 Å². The number of carbonyl (C=O) groups excluding carboxylic acids is 3. The monoisotopic (exact) mass is 399 g/mol. The second-order valence-corrected chi connectivity index (χ2v) is 7.19. The smallest absolute Gasteiger partial charge is 0.339 e. The molecule has 2 rings (SSSR count). The van der Waals surface area contributed by atoms with Crippen molar-refractivity contribution in [3.8, 4) is 0 Å². The number of rotatable bonds is 7. The van der Waals surface area contributed by atoms with Crippen molar-refractivity contribution in [2.24, 2.45) is 0 Å². The largest absolute Gasteiger partial charge is 0.462 e. The van der Waals surface area contributed by atoms with E-state index in [-0.39, 0.29) is 31.5 Å². The van der Waals surface area contributed by atoms with Crippen LogP contribution < -0.4 is 10.6 Å². The number of carbonyl (C=O) groups is 3. The summed E-state index contributed by atoms with van der Waals surface area (Å²) in [6.45, 7) is 11.4. The summed E-state index contributed by atoms with van der Waals surface area (Å²) >= 11 is 0. The van der Waals surface area contributed by atoms with E-state index in [4.69, 9.17) is 4.74 Å². The van der Waals surface area contributed by atoms with Crippen molar-refractivity contribution in [1.82, 2.24) is 9.88 Å². The van der Waals surface area contributed by atoms with Gasteiger partial charge in [0.15, 0.2) is 0 Å². The van der Waals surface area contributed by atoms with E-state index in [9.17, 15) is 14.4 Å². The highest BCUT2D eigenvalue weighted by atomic mass is 16.5. The molecule has 2 N–H and O–H groups in total. The van der Waals surface area contributed by atoms with E-state index in [1.807, 2.05) is 39.8 Å². The zero-order valence-corrected chi connectivity index (χ0v) is 17.9. The summed E-state index contributed by atoms with van der Waals surface area (Å²) in [6, 6.07) is 5.70. The van der Waals surface area contributed by atoms with E-state index in [0.717, 1.165) is 28.1 Å². The van der Waals surface area contributed by atoms with Gasteiger partial charge >= 0.3 is 5.97 Å². The number of hydrogen-bond donors (Lipinski definition) is 2. The van der Waals surface area contributed by atoms with E-state index in [1.165, 1.54) is 0 Å². The number of aryl methyl sites for hydroxylation is 4. The predicted octanol–water partition coefficient (Wildman–Crippen LogP) is 2.96. The standard InChI is InChI=1S/C22H29N3O4/c1-7-29-22(28)18-10-16(5)25(17(18)6)12-20(27)23-11-19(26)24-21-14(3)8-13(2)9-15(21)4/h8-10H,7,11-12H2,1-6H3,(H,23,27)(H,24,26). The average molecular weight is 399 g/mol. The van der Waals surface area contributed by atoms with Gasteiger partial charge in [0.2, 0.25) is 11.8 Å². The van der Waals surface area contributed by atoms with Crippen molar-refractivity contribution in [2.75, 3.05) is 18.5 Å². The van der Waals surface area contributed by atoms with Crippen LogP contribution in [0.3, 0.4) is 0 Å². The van der Waals surface area contributed by atoms with Gasteiger partial charge in [-0.1, -0.05) is 17.7 Å². The second-order valence-electron chi connectivity index (χ2n) is 7.19. The molecule has 1 aromatic carbocycles. The van der Waals surface area contributed by atoms with Gasteiger partial charge in [-0.25, -0.2) is 4.79 Å². The summed E-state index contributed by atoms with van der Waals surface area (Å²) in [7, 11) is 0. The Balaban J connectivity index is 1.97. The number of benzene rings is 1. The van der Waals surface area contributed by atoms with Crippen LogP contribution in [0.2, 0.25) is 0 Å². The van der Waals surface area contributed by atoms with Crippen molar-refractivity contribution >= 4 is 23.5 Å². The van der Waals surface area contributed by atoms with Gasteiger partial charge in [-0.3, -0.25) is 9.59 Å². The first-order chi connectivity index (χ1) is 13.6. The topological polar surface area (TPSA) is 89.4 Å². The molecule has 0 radical (unpaired) electrons. The minimum atomic E-state index is -0.407. The number of amides is 2. The van der Waals surface area contributed by atoms with Crippen molar-refractivity contribution in [2.45, 2.75) is 48.1 Å². The van der Waals surface area contributed by atoms with Gasteiger partial charge in [0.25, 0.3) is 0 Å². The van der Waals surface area contributed by atoms with Gasteiger partial charge in [0, 0.05) is 17.1 Å². The van der Waals surface area contributed by atoms with Gasteiger partial charge in [-0.05, 0) is 58.7 Å². The van der Waals surface area contributed by atoms with Gasteiger partial charge in [-0.2, -0.15) is 0 Å². The number of anilines is 1. The zero-order chi connectivity index (χ0) is 21.7. The molecule has 2 aromatic rings. The SMILES string of the molecule is CCOC(=O)c1cc(C)n(CC(=O)NCC(=O)Nc2c(C)cc(C)cc2C)c1C. The molecule has 156 valence electrons. The Hall–Kier alpha value is -3.09. The first-order valence-corrected chi connectivity index (χ1v) is 9.62. The van der Waals surface area contributed by atoms with Crippen LogP contribution >= 0.6 is 0 Å². The minimum Gasteiger partial charge on any atom is -0.462 e. The lowest BCUT2D eigenvalue weighted by Gasteiger charge is -2.14. The lowest BCUT2D eigenvalue weighted by atomic mass is 10.1. The fourth-order valence-electron chi connectivity index (χ4n) is 3.40. The quantitative estimate of drug-likeness (QED) is 0.701. The first kappa shape index (κ1) is 22.2. The lowest BCUT2D eigenvalue weighted by molar-refractivity contribution is -0.124. The third kappa shape index (κ3) is 5.47. The molecule has 0 saturated heterocycles. The molecule has 7 heteroatoms. The third-order valence-corrected chi connectivity index (χ3v) is 4.76. The summed E-state index contributed by atoms with van der Waals surface area (Å²) < 4.78 is 6.77.